The summed E-state index contributed by atoms with van der Waals surface area (Å²) in [5.74, 6) is 0.566. The molecule has 1 unspecified atom stereocenters. The molecular weight excluding hydrogens is 398 g/mol. The fourth-order valence-electron chi connectivity index (χ4n) is 4.15. The molecule has 0 N–H and O–H groups in total. The van der Waals surface area contributed by atoms with Gasteiger partial charge in [-0.2, -0.15) is 0 Å². The lowest BCUT2D eigenvalue weighted by Gasteiger charge is -2.30. The minimum atomic E-state index is -0.381. The van der Waals surface area contributed by atoms with Gasteiger partial charge >= 0.3 is 0 Å². The molecule has 162 valence electrons. The third-order valence-electron chi connectivity index (χ3n) is 5.86. The molecule has 0 spiro atoms. The van der Waals surface area contributed by atoms with Crippen LogP contribution in [0.1, 0.15) is 36.8 Å². The highest BCUT2D eigenvalue weighted by Gasteiger charge is 2.26. The maximum Gasteiger partial charge on any atom is 0.266 e. The summed E-state index contributed by atoms with van der Waals surface area (Å²) in [6, 6.07) is 24.4. The molecule has 1 heterocycles. The number of likely N-dealkylation sites (N-methyl/N-ethyl adjacent to an activating group) is 1. The van der Waals surface area contributed by atoms with Gasteiger partial charge in [-0.25, -0.2) is 4.98 Å². The minimum Gasteiger partial charge on any atom is -0.333 e. The zero-order valence-electron chi connectivity index (χ0n) is 18.7. The molecule has 1 aromatic heterocycles. The molecule has 0 aliphatic rings. The summed E-state index contributed by atoms with van der Waals surface area (Å²) in [4.78, 5) is 33.5. The van der Waals surface area contributed by atoms with Gasteiger partial charge in [-0.1, -0.05) is 60.7 Å². The van der Waals surface area contributed by atoms with Gasteiger partial charge in [0.2, 0.25) is 5.91 Å². The number of hydrogen-bond acceptors (Lipinski definition) is 3. The van der Waals surface area contributed by atoms with Crippen LogP contribution in [-0.4, -0.2) is 26.9 Å². The lowest BCUT2D eigenvalue weighted by Crippen LogP contribution is -2.38. The Hall–Kier alpha value is -3.73. The smallest absolute Gasteiger partial charge is 0.266 e. The van der Waals surface area contributed by atoms with Gasteiger partial charge in [0, 0.05) is 6.54 Å². The van der Waals surface area contributed by atoms with Gasteiger partial charge in [0.05, 0.1) is 29.1 Å². The second-order valence-electron chi connectivity index (χ2n) is 7.93. The average Bonchev–Trinajstić information content (AvgIpc) is 2.81. The molecule has 0 saturated carbocycles. The van der Waals surface area contributed by atoms with Gasteiger partial charge in [-0.3, -0.25) is 14.2 Å². The van der Waals surface area contributed by atoms with Gasteiger partial charge < -0.3 is 4.90 Å². The number of hydrogen-bond donors (Lipinski definition) is 0. The van der Waals surface area contributed by atoms with Crippen LogP contribution in [0.25, 0.3) is 16.6 Å². The van der Waals surface area contributed by atoms with E-state index in [-0.39, 0.29) is 17.5 Å². The molecule has 0 bridgehead atoms. The number of nitrogens with zero attached hydrogens (tertiary/aromatic N) is 3. The Bertz CT molecular complexity index is 1310. The number of para-hydroxylation sites is 2. The van der Waals surface area contributed by atoms with Crippen molar-refractivity contribution in [2.24, 2.45) is 0 Å². The van der Waals surface area contributed by atoms with Crippen molar-refractivity contribution in [2.75, 3.05) is 6.54 Å². The predicted molar refractivity (Wildman–Crippen MR) is 128 cm³/mol. The lowest BCUT2D eigenvalue weighted by atomic mass is 10.1. The number of rotatable bonds is 6. The molecule has 3 aromatic carbocycles. The maximum absolute atomic E-state index is 13.6. The van der Waals surface area contributed by atoms with Crippen LogP contribution in [0.5, 0.6) is 0 Å². The lowest BCUT2D eigenvalue weighted by molar-refractivity contribution is -0.132. The Morgan fingerprint density at radius 1 is 0.969 bits per heavy atom. The molecule has 5 nitrogen and oxygen atoms in total. The first kappa shape index (κ1) is 21.5. The number of carbonyl (C=O) groups is 1. The van der Waals surface area contributed by atoms with Gasteiger partial charge in [0.1, 0.15) is 5.82 Å². The standard InChI is InChI=1S/C27H27N3O2/c1-4-29(25(31)18-21-13-6-5-7-14-21)20(3)26-28-23-16-10-9-15-22(23)27(32)30(26)24-17-11-8-12-19(24)2/h5-17,20H,4,18H2,1-3H3. The number of aryl methyl sites for hydroxylation is 1. The van der Waals surface area contributed by atoms with Crippen LogP contribution < -0.4 is 5.56 Å². The second-order valence-corrected chi connectivity index (χ2v) is 7.93. The summed E-state index contributed by atoms with van der Waals surface area (Å²) >= 11 is 0. The van der Waals surface area contributed by atoms with E-state index in [0.29, 0.717) is 29.7 Å². The van der Waals surface area contributed by atoms with E-state index in [1.165, 1.54) is 0 Å². The monoisotopic (exact) mass is 425 g/mol. The SMILES string of the molecule is CCN(C(=O)Cc1ccccc1)C(C)c1nc2ccccc2c(=O)n1-c1ccccc1C. The molecule has 0 aliphatic heterocycles. The van der Waals surface area contributed by atoms with Crippen LogP contribution in [0.15, 0.2) is 83.7 Å². The van der Waals surface area contributed by atoms with Gasteiger partial charge in [0.15, 0.2) is 0 Å². The third kappa shape index (κ3) is 4.06. The summed E-state index contributed by atoms with van der Waals surface area (Å²) in [5.41, 5.74) is 3.22. The van der Waals surface area contributed by atoms with E-state index in [4.69, 9.17) is 4.98 Å². The van der Waals surface area contributed by atoms with Gasteiger partial charge in [0.25, 0.3) is 5.56 Å². The van der Waals surface area contributed by atoms with Crippen LogP contribution in [0, 0.1) is 6.92 Å². The summed E-state index contributed by atoms with van der Waals surface area (Å²) < 4.78 is 1.67. The summed E-state index contributed by atoms with van der Waals surface area (Å²) in [6.45, 7) is 6.39. The van der Waals surface area contributed by atoms with E-state index >= 15 is 0 Å². The average molecular weight is 426 g/mol. The van der Waals surface area contributed by atoms with Crippen LogP contribution in [0.2, 0.25) is 0 Å². The van der Waals surface area contributed by atoms with Gasteiger partial charge in [-0.05, 0) is 50.1 Å². The molecule has 0 aliphatic carbocycles. The van der Waals surface area contributed by atoms with Crippen molar-refractivity contribution in [3.05, 3.63) is 106 Å². The van der Waals surface area contributed by atoms with Crippen molar-refractivity contribution < 1.29 is 4.79 Å². The largest absolute Gasteiger partial charge is 0.333 e. The normalized spacial score (nSPS) is 12.0. The zero-order valence-corrected chi connectivity index (χ0v) is 18.7. The molecule has 4 rings (SSSR count). The molecule has 1 amide bonds. The summed E-state index contributed by atoms with van der Waals surface area (Å²) in [6.07, 6.45) is 0.307. The number of aromatic nitrogens is 2. The van der Waals surface area contributed by atoms with E-state index in [0.717, 1.165) is 16.8 Å². The van der Waals surface area contributed by atoms with Crippen molar-refractivity contribution in [1.82, 2.24) is 14.5 Å². The number of amides is 1. The molecule has 0 saturated heterocycles. The quantitative estimate of drug-likeness (QED) is 0.444. The molecular formula is C27H27N3O2. The Labute approximate surface area is 188 Å². The van der Waals surface area contributed by atoms with Gasteiger partial charge in [-0.15, -0.1) is 0 Å². The maximum atomic E-state index is 13.6. The molecule has 5 heteroatoms. The third-order valence-corrected chi connectivity index (χ3v) is 5.86. The molecule has 0 fully saturated rings. The second kappa shape index (κ2) is 9.18. The summed E-state index contributed by atoms with van der Waals surface area (Å²) in [5, 5.41) is 0.561. The van der Waals surface area contributed by atoms with Crippen molar-refractivity contribution in [2.45, 2.75) is 33.2 Å². The highest BCUT2D eigenvalue weighted by atomic mass is 16.2. The van der Waals surface area contributed by atoms with E-state index in [9.17, 15) is 9.59 Å². The fourth-order valence-corrected chi connectivity index (χ4v) is 4.15. The number of benzene rings is 3. The first-order valence-electron chi connectivity index (χ1n) is 10.9. The minimum absolute atomic E-state index is 0.00458. The fraction of sp³-hybridized carbons (Fsp3) is 0.222. The van der Waals surface area contributed by atoms with Crippen molar-refractivity contribution >= 4 is 16.8 Å². The highest BCUT2D eigenvalue weighted by Crippen LogP contribution is 2.24. The Morgan fingerprint density at radius 3 is 2.34 bits per heavy atom. The first-order chi connectivity index (χ1) is 15.5. The highest BCUT2D eigenvalue weighted by molar-refractivity contribution is 5.80. The summed E-state index contributed by atoms with van der Waals surface area (Å²) in [7, 11) is 0. The van der Waals surface area contributed by atoms with E-state index < -0.39 is 0 Å². The zero-order chi connectivity index (χ0) is 22.7. The van der Waals surface area contributed by atoms with Crippen molar-refractivity contribution in [1.29, 1.82) is 0 Å². The Balaban J connectivity index is 1.85. The molecule has 0 radical (unpaired) electrons. The van der Waals surface area contributed by atoms with Crippen LogP contribution >= 0.6 is 0 Å². The topological polar surface area (TPSA) is 55.2 Å². The van der Waals surface area contributed by atoms with Crippen LogP contribution in [-0.2, 0) is 11.2 Å². The number of carbonyl (C=O) groups excluding carboxylic acids is 1. The van der Waals surface area contributed by atoms with E-state index in [1.807, 2.05) is 93.6 Å². The Morgan fingerprint density at radius 2 is 1.62 bits per heavy atom. The predicted octanol–water partition coefficient (Wildman–Crippen LogP) is 4.85. The van der Waals surface area contributed by atoms with Crippen LogP contribution in [0.3, 0.4) is 0 Å². The molecule has 4 aromatic rings. The van der Waals surface area contributed by atoms with E-state index in [2.05, 4.69) is 0 Å². The molecule has 32 heavy (non-hydrogen) atoms. The van der Waals surface area contributed by atoms with Crippen molar-refractivity contribution in [3.63, 3.8) is 0 Å². The Kier molecular flexibility index (Phi) is 6.17. The first-order valence-corrected chi connectivity index (χ1v) is 10.9. The molecule has 1 atom stereocenters. The van der Waals surface area contributed by atoms with Crippen LogP contribution in [0.4, 0.5) is 0 Å². The number of fused-ring (bicyclic) bond motifs is 1. The van der Waals surface area contributed by atoms with E-state index in [1.54, 1.807) is 15.5 Å². The van der Waals surface area contributed by atoms with Crippen molar-refractivity contribution in [3.8, 4) is 5.69 Å².